The fourth-order valence-electron chi connectivity index (χ4n) is 5.97. The van der Waals surface area contributed by atoms with E-state index in [0.717, 1.165) is 12.8 Å². The number of hydrogen-bond acceptors (Lipinski definition) is 4. The molecule has 1 unspecified atom stereocenters. The van der Waals surface area contributed by atoms with Gasteiger partial charge in [0.05, 0.1) is 46.3 Å². The maximum Gasteiger partial charge on any atom is 0.407 e. The summed E-state index contributed by atoms with van der Waals surface area (Å²) in [6.07, 6.45) is 5.76. The van der Waals surface area contributed by atoms with Gasteiger partial charge in [0.2, 0.25) is 0 Å². The molecule has 0 bridgehead atoms. The molecule has 41 heavy (non-hydrogen) atoms. The molecule has 12 heteroatoms. The number of imidazole rings is 1. The molecule has 1 atom stereocenters. The van der Waals surface area contributed by atoms with Crippen molar-refractivity contribution in [3.63, 3.8) is 0 Å². The summed E-state index contributed by atoms with van der Waals surface area (Å²) in [5.41, 5.74) is 2.75. The Morgan fingerprint density at radius 2 is 1.76 bits per heavy atom. The number of aromatic nitrogens is 6. The average molecular weight is 560 g/mol. The van der Waals surface area contributed by atoms with Crippen LogP contribution in [0.25, 0.3) is 28.1 Å². The van der Waals surface area contributed by atoms with Gasteiger partial charge in [0.25, 0.3) is 0 Å². The molecule has 1 amide bonds. The van der Waals surface area contributed by atoms with E-state index in [-0.39, 0.29) is 24.1 Å². The maximum absolute atomic E-state index is 15.8. The smallest absolute Gasteiger partial charge is 0.407 e. The Hall–Kier alpha value is -4.74. The number of hydrogen-bond donors (Lipinski definition) is 1. The van der Waals surface area contributed by atoms with Crippen LogP contribution in [0.2, 0.25) is 0 Å². The van der Waals surface area contributed by atoms with Crippen molar-refractivity contribution in [3.05, 3.63) is 87.4 Å². The van der Waals surface area contributed by atoms with Crippen LogP contribution in [0.15, 0.2) is 47.7 Å². The number of aryl methyl sites for hydroxylation is 2. The van der Waals surface area contributed by atoms with Crippen molar-refractivity contribution in [1.82, 2.24) is 33.6 Å². The number of amides is 1. The van der Waals surface area contributed by atoms with Crippen LogP contribution in [0, 0.1) is 25.5 Å². The molecule has 0 spiro atoms. The Bertz CT molecular complexity index is 1920. The first-order chi connectivity index (χ1) is 19.7. The molecule has 210 valence electrons. The van der Waals surface area contributed by atoms with Crippen molar-refractivity contribution >= 4 is 17.0 Å². The van der Waals surface area contributed by atoms with E-state index < -0.39 is 23.6 Å². The fourth-order valence-corrected chi connectivity index (χ4v) is 5.97. The van der Waals surface area contributed by atoms with E-state index in [9.17, 15) is 19.1 Å². The SMILES string of the molecule is Cc1cc(-n2nc3c(c2-n2ccn(-c4ccc5c(cnn5C5CC5)c4F)c2=O)C(C)N(C(=O)O)CC3)cc(C)c1F. The van der Waals surface area contributed by atoms with Gasteiger partial charge in [-0.1, -0.05) is 0 Å². The van der Waals surface area contributed by atoms with Crippen LogP contribution < -0.4 is 5.69 Å². The lowest BCUT2D eigenvalue weighted by Gasteiger charge is -2.31. The number of rotatable bonds is 4. The maximum atomic E-state index is 15.8. The summed E-state index contributed by atoms with van der Waals surface area (Å²) in [6.45, 7) is 5.29. The molecular weight excluding hydrogens is 532 g/mol. The molecule has 2 aromatic carbocycles. The second kappa shape index (κ2) is 8.88. The molecule has 0 saturated heterocycles. The van der Waals surface area contributed by atoms with Gasteiger partial charge in [0, 0.05) is 30.9 Å². The van der Waals surface area contributed by atoms with Crippen LogP contribution in [0.1, 0.15) is 54.2 Å². The number of fused-ring (bicyclic) bond motifs is 2. The minimum atomic E-state index is -1.08. The molecule has 3 aromatic heterocycles. The van der Waals surface area contributed by atoms with Crippen LogP contribution in [0.4, 0.5) is 13.6 Å². The predicted octanol–water partition coefficient (Wildman–Crippen LogP) is 4.99. The fraction of sp³-hybridized carbons (Fsp3) is 0.310. The molecule has 1 fully saturated rings. The molecule has 5 aromatic rings. The largest absolute Gasteiger partial charge is 0.465 e. The standard InChI is InChI=1S/C29H27F2N7O3/c1-15-12-19(13-16(2)25(15)30)38-27(24-17(3)34(29(40)41)9-8-21(24)33-38)36-11-10-35(28(36)39)23-7-6-22-20(26(23)31)14-32-37(22)18-4-5-18/h6-7,10-14,17-18H,4-5,8-9H2,1-3H3,(H,40,41). The van der Waals surface area contributed by atoms with E-state index in [1.54, 1.807) is 49.7 Å². The first-order valence-corrected chi connectivity index (χ1v) is 13.5. The monoisotopic (exact) mass is 559 g/mol. The second-order valence-corrected chi connectivity index (χ2v) is 10.9. The third kappa shape index (κ3) is 3.73. The molecule has 1 aliphatic carbocycles. The summed E-state index contributed by atoms with van der Waals surface area (Å²) in [5, 5.41) is 19.3. The lowest BCUT2D eigenvalue weighted by Crippen LogP contribution is -2.38. The van der Waals surface area contributed by atoms with Crippen molar-refractivity contribution in [1.29, 1.82) is 0 Å². The molecular formula is C29H27F2N7O3. The topological polar surface area (TPSA) is 103 Å². The summed E-state index contributed by atoms with van der Waals surface area (Å²) >= 11 is 0. The molecule has 1 saturated carbocycles. The van der Waals surface area contributed by atoms with E-state index in [4.69, 9.17) is 5.10 Å². The highest BCUT2D eigenvalue weighted by Crippen LogP contribution is 2.38. The van der Waals surface area contributed by atoms with E-state index in [0.29, 0.717) is 51.2 Å². The summed E-state index contributed by atoms with van der Waals surface area (Å²) in [6, 6.07) is 6.27. The van der Waals surface area contributed by atoms with Crippen molar-refractivity contribution in [2.45, 2.75) is 52.1 Å². The molecule has 7 rings (SSSR count). The second-order valence-electron chi connectivity index (χ2n) is 10.9. The molecule has 10 nitrogen and oxygen atoms in total. The minimum absolute atomic E-state index is 0.0743. The van der Waals surface area contributed by atoms with E-state index >= 15 is 4.39 Å². The van der Waals surface area contributed by atoms with E-state index in [2.05, 4.69) is 5.10 Å². The quantitative estimate of drug-likeness (QED) is 0.334. The lowest BCUT2D eigenvalue weighted by molar-refractivity contribution is 0.124. The Morgan fingerprint density at radius 3 is 2.44 bits per heavy atom. The van der Waals surface area contributed by atoms with Crippen LogP contribution in [0.3, 0.4) is 0 Å². The zero-order valence-electron chi connectivity index (χ0n) is 22.7. The van der Waals surface area contributed by atoms with Gasteiger partial charge in [-0.15, -0.1) is 0 Å². The van der Waals surface area contributed by atoms with E-state index in [1.165, 1.54) is 32.6 Å². The minimum Gasteiger partial charge on any atom is -0.465 e. The number of nitrogens with zero attached hydrogens (tertiary/aromatic N) is 7. The van der Waals surface area contributed by atoms with Gasteiger partial charge in [0.1, 0.15) is 11.6 Å². The predicted molar refractivity (Wildman–Crippen MR) is 146 cm³/mol. The van der Waals surface area contributed by atoms with Crippen molar-refractivity contribution in [3.8, 4) is 17.2 Å². The van der Waals surface area contributed by atoms with Crippen molar-refractivity contribution in [2.24, 2.45) is 0 Å². The van der Waals surface area contributed by atoms with Gasteiger partial charge in [-0.2, -0.15) is 10.2 Å². The zero-order valence-corrected chi connectivity index (χ0v) is 22.7. The third-order valence-corrected chi connectivity index (χ3v) is 8.21. The highest BCUT2D eigenvalue weighted by Gasteiger charge is 2.35. The lowest BCUT2D eigenvalue weighted by atomic mass is 10.00. The zero-order chi connectivity index (χ0) is 28.7. The number of carbonyl (C=O) groups is 1. The molecule has 2 aliphatic rings. The molecule has 0 radical (unpaired) electrons. The Morgan fingerprint density at radius 1 is 1.05 bits per heavy atom. The summed E-state index contributed by atoms with van der Waals surface area (Å²) < 4.78 is 36.3. The number of benzene rings is 2. The third-order valence-electron chi connectivity index (χ3n) is 8.21. The van der Waals surface area contributed by atoms with Crippen LogP contribution in [0.5, 0.6) is 0 Å². The summed E-state index contributed by atoms with van der Waals surface area (Å²) in [4.78, 5) is 27.3. The van der Waals surface area contributed by atoms with Gasteiger partial charge in [0.15, 0.2) is 5.82 Å². The average Bonchev–Trinajstić information content (AvgIpc) is 3.39. The number of carboxylic acid groups (broad SMARTS) is 1. The summed E-state index contributed by atoms with van der Waals surface area (Å²) in [5.74, 6) is -0.563. The van der Waals surface area contributed by atoms with Gasteiger partial charge in [-0.25, -0.2) is 23.1 Å². The first-order valence-electron chi connectivity index (χ1n) is 13.5. The van der Waals surface area contributed by atoms with Crippen LogP contribution >= 0.6 is 0 Å². The molecule has 4 heterocycles. The summed E-state index contributed by atoms with van der Waals surface area (Å²) in [7, 11) is 0. The molecule has 1 aliphatic heterocycles. The van der Waals surface area contributed by atoms with Gasteiger partial charge < -0.3 is 10.0 Å². The van der Waals surface area contributed by atoms with Gasteiger partial charge in [-0.05, 0) is 69.0 Å². The van der Waals surface area contributed by atoms with Crippen LogP contribution in [-0.4, -0.2) is 51.3 Å². The van der Waals surface area contributed by atoms with Crippen molar-refractivity contribution < 1.29 is 18.7 Å². The highest BCUT2D eigenvalue weighted by atomic mass is 19.1. The highest BCUT2D eigenvalue weighted by molar-refractivity contribution is 5.82. The Kier molecular flexibility index (Phi) is 5.47. The van der Waals surface area contributed by atoms with Crippen molar-refractivity contribution in [2.75, 3.05) is 6.54 Å². The number of halogens is 2. The van der Waals surface area contributed by atoms with Gasteiger partial charge >= 0.3 is 11.8 Å². The van der Waals surface area contributed by atoms with Gasteiger partial charge in [-0.3, -0.25) is 13.8 Å². The normalized spacial score (nSPS) is 16.9. The Balaban J connectivity index is 1.43. The first kappa shape index (κ1) is 25.2. The van der Waals surface area contributed by atoms with Crippen LogP contribution in [-0.2, 0) is 6.42 Å². The Labute approximate surface area is 232 Å². The molecule has 1 N–H and O–H groups in total. The van der Waals surface area contributed by atoms with E-state index in [1.807, 2.05) is 4.68 Å².